The van der Waals surface area contributed by atoms with Crippen LogP contribution in [0.4, 0.5) is 4.79 Å². The molecule has 3 N–H and O–H groups in total. The van der Waals surface area contributed by atoms with Crippen LogP contribution in [0.25, 0.3) is 0 Å². The van der Waals surface area contributed by atoms with Crippen molar-refractivity contribution < 1.29 is 9.59 Å². The van der Waals surface area contributed by atoms with Gasteiger partial charge >= 0.3 is 6.03 Å². The fourth-order valence-corrected chi connectivity index (χ4v) is 3.54. The third-order valence-electron chi connectivity index (χ3n) is 5.19. The Morgan fingerprint density at radius 1 is 1.25 bits per heavy atom. The summed E-state index contributed by atoms with van der Waals surface area (Å²) in [5.41, 5.74) is 7.30. The van der Waals surface area contributed by atoms with Gasteiger partial charge in [0.15, 0.2) is 0 Å². The summed E-state index contributed by atoms with van der Waals surface area (Å²) in [5, 5.41) is 2.72. The molecular weight excluding hydrogens is 302 g/mol. The first-order valence-electron chi connectivity index (χ1n) is 8.75. The Balaban J connectivity index is 2.07. The average molecular weight is 331 g/mol. The molecule has 2 rings (SSSR count). The number of amides is 3. The van der Waals surface area contributed by atoms with Crippen LogP contribution in [0, 0.1) is 12.8 Å². The highest BCUT2D eigenvalue weighted by Gasteiger charge is 2.27. The topological polar surface area (TPSA) is 75.4 Å². The molecule has 132 valence electrons. The first-order chi connectivity index (χ1) is 11.4. The summed E-state index contributed by atoms with van der Waals surface area (Å²) in [4.78, 5) is 26.0. The van der Waals surface area contributed by atoms with Crippen molar-refractivity contribution in [3.05, 3.63) is 35.4 Å². The number of primary amides is 1. The van der Waals surface area contributed by atoms with Gasteiger partial charge in [-0.1, -0.05) is 31.2 Å². The zero-order chi connectivity index (χ0) is 17.7. The zero-order valence-corrected chi connectivity index (χ0v) is 14.9. The standard InChI is InChI=1S/C19H29N3O2/c1-13-8-10-15(11-9-13)22(3)18(23)12-17(21-19(20)24)16-7-5-4-6-14(16)2/h4-7,13,15,17H,8-12H2,1-3H3,(H3,20,21,24)/t13?,15?,17-/m1/s1. The summed E-state index contributed by atoms with van der Waals surface area (Å²) in [7, 11) is 1.88. The molecule has 3 amide bonds. The van der Waals surface area contributed by atoms with Crippen molar-refractivity contribution in [2.24, 2.45) is 11.7 Å². The lowest BCUT2D eigenvalue weighted by atomic mass is 9.86. The number of nitrogens with zero attached hydrogens (tertiary/aromatic N) is 1. The summed E-state index contributed by atoms with van der Waals surface area (Å²) < 4.78 is 0. The van der Waals surface area contributed by atoms with Gasteiger partial charge in [0.25, 0.3) is 0 Å². The van der Waals surface area contributed by atoms with E-state index >= 15 is 0 Å². The lowest BCUT2D eigenvalue weighted by Gasteiger charge is -2.34. The molecule has 5 nitrogen and oxygen atoms in total. The number of nitrogens with one attached hydrogen (secondary N) is 1. The molecule has 1 aromatic carbocycles. The van der Waals surface area contributed by atoms with Crippen molar-refractivity contribution in [1.82, 2.24) is 10.2 Å². The van der Waals surface area contributed by atoms with Gasteiger partial charge in [0.05, 0.1) is 12.5 Å². The number of nitrogens with two attached hydrogens (primary N) is 1. The van der Waals surface area contributed by atoms with Crippen molar-refractivity contribution in [3.63, 3.8) is 0 Å². The van der Waals surface area contributed by atoms with Crippen molar-refractivity contribution in [2.45, 2.75) is 58.0 Å². The van der Waals surface area contributed by atoms with Crippen molar-refractivity contribution in [3.8, 4) is 0 Å². The summed E-state index contributed by atoms with van der Waals surface area (Å²) in [5.74, 6) is 0.803. The molecule has 1 aliphatic carbocycles. The van der Waals surface area contributed by atoms with E-state index in [0.717, 1.165) is 29.9 Å². The van der Waals surface area contributed by atoms with Gasteiger partial charge in [-0.25, -0.2) is 4.79 Å². The maximum absolute atomic E-state index is 12.7. The predicted molar refractivity (Wildman–Crippen MR) is 95.4 cm³/mol. The minimum absolute atomic E-state index is 0.0524. The molecular formula is C19H29N3O2. The summed E-state index contributed by atoms with van der Waals surface area (Å²) >= 11 is 0. The highest BCUT2D eigenvalue weighted by molar-refractivity contribution is 5.79. The molecule has 5 heteroatoms. The van der Waals surface area contributed by atoms with E-state index < -0.39 is 6.03 Å². The number of benzene rings is 1. The molecule has 1 atom stereocenters. The molecule has 1 aliphatic rings. The summed E-state index contributed by atoms with van der Waals surface area (Å²) in [6, 6.07) is 7.07. The second-order valence-electron chi connectivity index (χ2n) is 7.04. The van der Waals surface area contributed by atoms with Crippen LogP contribution >= 0.6 is 0 Å². The van der Waals surface area contributed by atoms with E-state index in [1.54, 1.807) is 0 Å². The van der Waals surface area contributed by atoms with Gasteiger partial charge < -0.3 is 16.0 Å². The first kappa shape index (κ1) is 18.3. The number of urea groups is 1. The summed E-state index contributed by atoms with van der Waals surface area (Å²) in [6.07, 6.45) is 4.69. The van der Waals surface area contributed by atoms with Crippen molar-refractivity contribution in [2.75, 3.05) is 7.05 Å². The number of hydrogen-bond acceptors (Lipinski definition) is 2. The molecule has 0 heterocycles. The van der Waals surface area contributed by atoms with Gasteiger partial charge in [-0.15, -0.1) is 0 Å². The van der Waals surface area contributed by atoms with Gasteiger partial charge in [0, 0.05) is 13.1 Å². The molecule has 1 fully saturated rings. The van der Waals surface area contributed by atoms with E-state index in [9.17, 15) is 9.59 Å². The van der Waals surface area contributed by atoms with Crippen LogP contribution in [-0.4, -0.2) is 29.9 Å². The minimum Gasteiger partial charge on any atom is -0.352 e. The molecule has 0 unspecified atom stereocenters. The molecule has 1 aromatic rings. The fraction of sp³-hybridized carbons (Fsp3) is 0.579. The van der Waals surface area contributed by atoms with E-state index in [-0.39, 0.29) is 18.4 Å². The van der Waals surface area contributed by atoms with Crippen molar-refractivity contribution in [1.29, 1.82) is 0 Å². The molecule has 0 bridgehead atoms. The van der Waals surface area contributed by atoms with E-state index in [0.29, 0.717) is 6.04 Å². The third kappa shape index (κ3) is 4.73. The maximum atomic E-state index is 12.7. The lowest BCUT2D eigenvalue weighted by molar-refractivity contribution is -0.133. The predicted octanol–water partition coefficient (Wildman–Crippen LogP) is 3.13. The Bertz CT molecular complexity index is 580. The number of aryl methyl sites for hydroxylation is 1. The largest absolute Gasteiger partial charge is 0.352 e. The van der Waals surface area contributed by atoms with Crippen LogP contribution < -0.4 is 11.1 Å². The van der Waals surface area contributed by atoms with Gasteiger partial charge in [-0.05, 0) is 49.7 Å². The minimum atomic E-state index is -0.606. The highest BCUT2D eigenvalue weighted by Crippen LogP contribution is 2.28. The average Bonchev–Trinajstić information content (AvgIpc) is 2.54. The van der Waals surface area contributed by atoms with Crippen LogP contribution in [0.15, 0.2) is 24.3 Å². The quantitative estimate of drug-likeness (QED) is 0.870. The highest BCUT2D eigenvalue weighted by atomic mass is 16.2. The molecule has 0 aromatic heterocycles. The van der Waals surface area contributed by atoms with E-state index in [1.165, 1.54) is 12.8 Å². The van der Waals surface area contributed by atoms with Crippen LogP contribution in [0.3, 0.4) is 0 Å². The smallest absolute Gasteiger partial charge is 0.312 e. The van der Waals surface area contributed by atoms with E-state index in [4.69, 9.17) is 5.73 Å². The van der Waals surface area contributed by atoms with Crippen molar-refractivity contribution >= 4 is 11.9 Å². The number of carbonyl (C=O) groups excluding carboxylic acids is 2. The molecule has 0 aliphatic heterocycles. The zero-order valence-electron chi connectivity index (χ0n) is 14.9. The van der Waals surface area contributed by atoms with Crippen LogP contribution in [-0.2, 0) is 4.79 Å². The second-order valence-corrected chi connectivity index (χ2v) is 7.04. The molecule has 1 saturated carbocycles. The molecule has 24 heavy (non-hydrogen) atoms. The Hall–Kier alpha value is -2.04. The van der Waals surface area contributed by atoms with E-state index in [2.05, 4.69) is 12.2 Å². The Kier molecular flexibility index (Phi) is 6.23. The molecule has 0 spiro atoms. The van der Waals surface area contributed by atoms with Gasteiger partial charge in [-0.2, -0.15) is 0 Å². The number of carbonyl (C=O) groups is 2. The monoisotopic (exact) mass is 331 g/mol. The summed E-state index contributed by atoms with van der Waals surface area (Å²) in [6.45, 7) is 4.24. The van der Waals surface area contributed by atoms with Gasteiger partial charge in [-0.3, -0.25) is 4.79 Å². The Morgan fingerprint density at radius 3 is 2.46 bits per heavy atom. The fourth-order valence-electron chi connectivity index (χ4n) is 3.54. The normalized spacial score (nSPS) is 21.8. The van der Waals surface area contributed by atoms with Gasteiger partial charge in [0.2, 0.25) is 5.91 Å². The molecule has 0 saturated heterocycles. The van der Waals surface area contributed by atoms with Gasteiger partial charge in [0.1, 0.15) is 0 Å². The maximum Gasteiger partial charge on any atom is 0.312 e. The van der Waals surface area contributed by atoms with Crippen LogP contribution in [0.5, 0.6) is 0 Å². The van der Waals surface area contributed by atoms with Crippen LogP contribution in [0.2, 0.25) is 0 Å². The van der Waals surface area contributed by atoms with Crippen LogP contribution in [0.1, 0.15) is 56.2 Å². The third-order valence-corrected chi connectivity index (χ3v) is 5.19. The second kappa shape index (κ2) is 8.18. The molecule has 0 radical (unpaired) electrons. The first-order valence-corrected chi connectivity index (χ1v) is 8.75. The Morgan fingerprint density at radius 2 is 1.88 bits per heavy atom. The number of rotatable bonds is 5. The number of hydrogen-bond donors (Lipinski definition) is 2. The Labute approximate surface area is 144 Å². The van der Waals surface area contributed by atoms with E-state index in [1.807, 2.05) is 43.1 Å². The lowest BCUT2D eigenvalue weighted by Crippen LogP contribution is -2.42. The SMILES string of the molecule is Cc1ccccc1[C@@H](CC(=O)N(C)C1CCC(C)CC1)NC(N)=O.